The minimum absolute atomic E-state index is 0.438. The molecule has 1 aromatic rings. The first-order chi connectivity index (χ1) is 6.20. The number of nitrogens with two attached hydrogens (primary N) is 1. The molecule has 13 heavy (non-hydrogen) atoms. The molecule has 3 N–H and O–H groups in total. The van der Waals surface area contributed by atoms with Crippen molar-refractivity contribution < 1.29 is 9.90 Å². The topological polar surface area (TPSA) is 76.2 Å². The largest absolute Gasteiger partial charge is 0.480 e. The van der Waals surface area contributed by atoms with Crippen LogP contribution in [0, 0.1) is 0 Å². The number of thioether (sulfide) groups is 1. The third-order valence-electron chi connectivity index (χ3n) is 1.34. The molecule has 0 aromatic carbocycles. The molecule has 0 spiro atoms. The Labute approximate surface area is 84.2 Å². The molecule has 1 aromatic heterocycles. The summed E-state index contributed by atoms with van der Waals surface area (Å²) in [6, 6.07) is -0.766. The van der Waals surface area contributed by atoms with Gasteiger partial charge >= 0.3 is 5.97 Å². The summed E-state index contributed by atoms with van der Waals surface area (Å²) in [7, 11) is 0. The number of thiazole rings is 1. The predicted molar refractivity (Wildman–Crippen MR) is 53.9 cm³/mol. The summed E-state index contributed by atoms with van der Waals surface area (Å²) in [6.45, 7) is 0. The number of aromatic nitrogens is 1. The highest BCUT2D eigenvalue weighted by atomic mass is 32.2. The molecule has 1 rings (SSSR count). The first-order valence-electron chi connectivity index (χ1n) is 3.63. The van der Waals surface area contributed by atoms with Gasteiger partial charge in [0.2, 0.25) is 0 Å². The van der Waals surface area contributed by atoms with Crippen LogP contribution in [0.5, 0.6) is 0 Å². The van der Waals surface area contributed by atoms with Crippen LogP contribution in [0.3, 0.4) is 0 Å². The number of hydrogen-bond donors (Lipinski definition) is 2. The molecule has 0 aliphatic heterocycles. The number of nitrogens with zero attached hydrogens (tertiary/aromatic N) is 1. The predicted octanol–water partition coefficient (Wildman–Crippen LogP) is 0.788. The van der Waals surface area contributed by atoms with E-state index in [4.69, 9.17) is 10.8 Å². The Hall–Kier alpha value is -0.590. The summed E-state index contributed by atoms with van der Waals surface area (Å²) in [5.74, 6) is 0.274. The maximum Gasteiger partial charge on any atom is 0.321 e. The minimum atomic E-state index is -0.947. The van der Waals surface area contributed by atoms with Gasteiger partial charge in [0.15, 0.2) is 0 Å². The van der Waals surface area contributed by atoms with Gasteiger partial charge in [0.25, 0.3) is 0 Å². The van der Waals surface area contributed by atoms with Gasteiger partial charge in [-0.15, -0.1) is 11.3 Å². The van der Waals surface area contributed by atoms with E-state index in [1.807, 2.05) is 0 Å². The molecular weight excluding hydrogens is 208 g/mol. The highest BCUT2D eigenvalue weighted by molar-refractivity contribution is 7.98. The fourth-order valence-corrected chi connectivity index (χ4v) is 2.36. The zero-order valence-electron chi connectivity index (χ0n) is 6.84. The Kier molecular flexibility index (Phi) is 4.20. The van der Waals surface area contributed by atoms with Gasteiger partial charge in [0.05, 0.1) is 5.51 Å². The van der Waals surface area contributed by atoms with E-state index in [-0.39, 0.29) is 0 Å². The van der Waals surface area contributed by atoms with Crippen LogP contribution in [0.15, 0.2) is 11.7 Å². The molecular formula is C7H10N2O2S2. The zero-order chi connectivity index (χ0) is 9.68. The fraction of sp³-hybridized carbons (Fsp3) is 0.429. The van der Waals surface area contributed by atoms with Crippen molar-refractivity contribution in [3.8, 4) is 0 Å². The molecule has 1 atom stereocenters. The summed E-state index contributed by atoms with van der Waals surface area (Å²) >= 11 is 3.07. The van der Waals surface area contributed by atoms with Crippen LogP contribution in [-0.4, -0.2) is 27.9 Å². The second-order valence-corrected chi connectivity index (χ2v) is 4.43. The normalized spacial score (nSPS) is 12.7. The zero-order valence-corrected chi connectivity index (χ0v) is 8.48. The molecule has 0 saturated carbocycles. The molecule has 4 nitrogen and oxygen atoms in total. The van der Waals surface area contributed by atoms with Crippen LogP contribution < -0.4 is 5.73 Å². The van der Waals surface area contributed by atoms with Gasteiger partial charge in [0.1, 0.15) is 6.04 Å². The Morgan fingerprint density at radius 1 is 1.85 bits per heavy atom. The lowest BCUT2D eigenvalue weighted by Gasteiger charge is -2.03. The van der Waals surface area contributed by atoms with Crippen molar-refractivity contribution in [3.63, 3.8) is 0 Å². The van der Waals surface area contributed by atoms with Crippen molar-refractivity contribution in [2.45, 2.75) is 11.8 Å². The Morgan fingerprint density at radius 3 is 3.15 bits per heavy atom. The molecule has 72 valence electrons. The summed E-state index contributed by atoms with van der Waals surface area (Å²) in [6.07, 6.45) is 1.78. The van der Waals surface area contributed by atoms with Crippen molar-refractivity contribution in [2.24, 2.45) is 5.73 Å². The summed E-state index contributed by atoms with van der Waals surface area (Å²) < 4.78 is 0. The molecule has 0 aliphatic carbocycles. The molecule has 0 radical (unpaired) electrons. The van der Waals surface area contributed by atoms with E-state index >= 15 is 0 Å². The van der Waals surface area contributed by atoms with Crippen LogP contribution in [0.25, 0.3) is 0 Å². The smallest absolute Gasteiger partial charge is 0.321 e. The van der Waals surface area contributed by atoms with E-state index in [1.165, 1.54) is 11.8 Å². The Bertz CT molecular complexity index is 263. The number of carboxylic acids is 1. The number of rotatable bonds is 5. The van der Waals surface area contributed by atoms with Crippen LogP contribution in [0.1, 0.15) is 4.88 Å². The van der Waals surface area contributed by atoms with Crippen molar-refractivity contribution in [2.75, 3.05) is 5.75 Å². The quantitative estimate of drug-likeness (QED) is 0.764. The number of carboxylic acid groups (broad SMARTS) is 1. The average molecular weight is 218 g/mol. The van der Waals surface area contributed by atoms with Crippen LogP contribution >= 0.6 is 23.1 Å². The van der Waals surface area contributed by atoms with Gasteiger partial charge in [-0.2, -0.15) is 11.8 Å². The summed E-state index contributed by atoms with van der Waals surface area (Å²) in [5.41, 5.74) is 7.08. The van der Waals surface area contributed by atoms with Crippen molar-refractivity contribution in [1.82, 2.24) is 4.98 Å². The van der Waals surface area contributed by atoms with Crippen LogP contribution in [0.2, 0.25) is 0 Å². The van der Waals surface area contributed by atoms with Gasteiger partial charge in [0, 0.05) is 22.6 Å². The first kappa shape index (κ1) is 10.5. The molecule has 1 heterocycles. The van der Waals surface area contributed by atoms with Crippen molar-refractivity contribution in [1.29, 1.82) is 0 Å². The molecule has 0 aliphatic rings. The minimum Gasteiger partial charge on any atom is -0.480 e. The van der Waals surface area contributed by atoms with Crippen molar-refractivity contribution in [3.05, 3.63) is 16.6 Å². The standard InChI is InChI=1S/C7H10N2O2S2/c8-6(7(10)11)3-12-2-5-1-9-4-13-5/h1,4,6H,2-3,8H2,(H,10,11). The lowest BCUT2D eigenvalue weighted by molar-refractivity contribution is -0.137. The van der Waals surface area contributed by atoms with E-state index < -0.39 is 12.0 Å². The second kappa shape index (κ2) is 5.21. The molecule has 0 bridgehead atoms. The maximum absolute atomic E-state index is 10.3. The molecule has 1 unspecified atom stereocenters. The summed E-state index contributed by atoms with van der Waals surface area (Å²) in [5, 5.41) is 8.49. The fourth-order valence-electron chi connectivity index (χ4n) is 0.671. The maximum atomic E-state index is 10.3. The lowest BCUT2D eigenvalue weighted by Crippen LogP contribution is -2.32. The SMILES string of the molecule is NC(CSCc1cncs1)C(=O)O. The number of carbonyl (C=O) groups is 1. The second-order valence-electron chi connectivity index (χ2n) is 2.43. The third-order valence-corrected chi connectivity index (χ3v) is 3.41. The van der Waals surface area contributed by atoms with Crippen LogP contribution in [-0.2, 0) is 10.5 Å². The molecule has 0 saturated heterocycles. The highest BCUT2D eigenvalue weighted by Gasteiger charge is 2.10. The van der Waals surface area contributed by atoms with E-state index in [9.17, 15) is 4.79 Å². The molecule has 0 amide bonds. The summed E-state index contributed by atoms with van der Waals surface area (Å²) in [4.78, 5) is 15.4. The van der Waals surface area contributed by atoms with Gasteiger partial charge in [-0.1, -0.05) is 0 Å². The van der Waals surface area contributed by atoms with E-state index in [1.54, 1.807) is 23.0 Å². The number of aliphatic carboxylic acids is 1. The lowest BCUT2D eigenvalue weighted by atomic mass is 10.4. The van der Waals surface area contributed by atoms with E-state index in [0.29, 0.717) is 5.75 Å². The average Bonchev–Trinajstić information content (AvgIpc) is 2.56. The molecule has 0 fully saturated rings. The monoisotopic (exact) mass is 218 g/mol. The van der Waals surface area contributed by atoms with Gasteiger partial charge in [-0.25, -0.2) is 0 Å². The Balaban J connectivity index is 2.18. The van der Waals surface area contributed by atoms with Gasteiger partial charge in [-0.05, 0) is 0 Å². The number of hydrogen-bond acceptors (Lipinski definition) is 5. The third kappa shape index (κ3) is 3.75. The highest BCUT2D eigenvalue weighted by Crippen LogP contribution is 2.15. The van der Waals surface area contributed by atoms with E-state index in [0.717, 1.165) is 10.6 Å². The van der Waals surface area contributed by atoms with Gasteiger partial charge in [-0.3, -0.25) is 9.78 Å². The van der Waals surface area contributed by atoms with E-state index in [2.05, 4.69) is 4.98 Å². The van der Waals surface area contributed by atoms with Gasteiger partial charge < -0.3 is 10.8 Å². The van der Waals surface area contributed by atoms with Crippen molar-refractivity contribution >= 4 is 29.1 Å². The Morgan fingerprint density at radius 2 is 2.62 bits per heavy atom. The first-order valence-corrected chi connectivity index (χ1v) is 5.67. The van der Waals surface area contributed by atoms with Crippen LogP contribution in [0.4, 0.5) is 0 Å². The molecule has 6 heteroatoms.